The first-order valence-electron chi connectivity index (χ1n) is 11.6. The summed E-state index contributed by atoms with van der Waals surface area (Å²) in [6.45, 7) is 3.73. The standard InChI is InChI=1S/C25H25FN4O5/c26-18-12-15(14-29-8-10-35-11-9-29)4-5-16(18)13-27-19-3-1-2-17-22(19)25(34)30(24(17)33)20-6-7-21(31)28-23(20)32/h1-5,12,20,27H,6-11,13-14H2,(H,28,31,32). The summed E-state index contributed by atoms with van der Waals surface area (Å²) in [6, 6.07) is 8.86. The molecule has 2 aromatic carbocycles. The first-order valence-corrected chi connectivity index (χ1v) is 11.6. The maximum Gasteiger partial charge on any atom is 0.264 e. The van der Waals surface area contributed by atoms with Gasteiger partial charge in [0, 0.05) is 43.9 Å². The zero-order valence-corrected chi connectivity index (χ0v) is 19.0. The zero-order chi connectivity index (χ0) is 24.5. The van der Waals surface area contributed by atoms with E-state index in [9.17, 15) is 23.6 Å². The number of rotatable bonds is 6. The lowest BCUT2D eigenvalue weighted by Gasteiger charge is -2.27. The molecular formula is C25H25FN4O5. The van der Waals surface area contributed by atoms with Gasteiger partial charge in [-0.3, -0.25) is 34.3 Å². The van der Waals surface area contributed by atoms with Crippen molar-refractivity contribution in [2.75, 3.05) is 31.6 Å². The minimum absolute atomic E-state index is 0.0513. The number of halogens is 1. The fourth-order valence-electron chi connectivity index (χ4n) is 4.70. The Balaban J connectivity index is 1.30. The fraction of sp³-hybridized carbons (Fsp3) is 0.360. The second-order valence-electron chi connectivity index (χ2n) is 8.84. The molecule has 0 aromatic heterocycles. The third kappa shape index (κ3) is 4.54. The molecule has 0 spiro atoms. The van der Waals surface area contributed by atoms with Crippen LogP contribution >= 0.6 is 0 Å². The minimum atomic E-state index is -1.04. The summed E-state index contributed by atoms with van der Waals surface area (Å²) >= 11 is 0. The lowest BCUT2D eigenvalue weighted by Crippen LogP contribution is -2.54. The van der Waals surface area contributed by atoms with Gasteiger partial charge in [-0.2, -0.15) is 0 Å². The molecule has 182 valence electrons. The summed E-state index contributed by atoms with van der Waals surface area (Å²) in [5.74, 6) is -2.64. The summed E-state index contributed by atoms with van der Waals surface area (Å²) in [5.41, 5.74) is 1.99. The van der Waals surface area contributed by atoms with E-state index in [-0.39, 0.29) is 36.3 Å². The summed E-state index contributed by atoms with van der Waals surface area (Å²) in [6.07, 6.45) is 0.136. The van der Waals surface area contributed by atoms with Crippen LogP contribution in [-0.4, -0.2) is 65.8 Å². The van der Waals surface area contributed by atoms with Gasteiger partial charge >= 0.3 is 0 Å². The second kappa shape index (κ2) is 9.55. The highest BCUT2D eigenvalue weighted by atomic mass is 19.1. The van der Waals surface area contributed by atoms with Crippen LogP contribution in [0.4, 0.5) is 10.1 Å². The Morgan fingerprint density at radius 3 is 2.60 bits per heavy atom. The Bertz CT molecular complexity index is 1210. The van der Waals surface area contributed by atoms with E-state index in [2.05, 4.69) is 15.5 Å². The van der Waals surface area contributed by atoms with Gasteiger partial charge in [0.1, 0.15) is 11.9 Å². The molecule has 1 atom stereocenters. The quantitative estimate of drug-likeness (QED) is 0.606. The predicted molar refractivity (Wildman–Crippen MR) is 123 cm³/mol. The molecule has 2 fully saturated rings. The number of nitrogens with zero attached hydrogens (tertiary/aromatic N) is 2. The van der Waals surface area contributed by atoms with Gasteiger partial charge < -0.3 is 10.1 Å². The molecule has 2 saturated heterocycles. The van der Waals surface area contributed by atoms with E-state index in [1.807, 2.05) is 6.07 Å². The third-order valence-electron chi connectivity index (χ3n) is 6.56. The van der Waals surface area contributed by atoms with Crippen LogP contribution < -0.4 is 10.6 Å². The molecule has 0 saturated carbocycles. The van der Waals surface area contributed by atoms with Gasteiger partial charge in [0.25, 0.3) is 11.8 Å². The molecule has 10 heteroatoms. The Hall–Kier alpha value is -3.63. The highest BCUT2D eigenvalue weighted by Crippen LogP contribution is 2.32. The largest absolute Gasteiger partial charge is 0.380 e. The third-order valence-corrected chi connectivity index (χ3v) is 6.56. The maximum atomic E-state index is 14.8. The summed E-state index contributed by atoms with van der Waals surface area (Å²) in [4.78, 5) is 53.0. The molecule has 4 amide bonds. The molecule has 35 heavy (non-hydrogen) atoms. The predicted octanol–water partition coefficient (Wildman–Crippen LogP) is 1.67. The van der Waals surface area contributed by atoms with Gasteiger partial charge in [0.2, 0.25) is 11.8 Å². The number of imide groups is 2. The number of piperidine rings is 1. The van der Waals surface area contributed by atoms with Crippen molar-refractivity contribution in [1.29, 1.82) is 0 Å². The van der Waals surface area contributed by atoms with Crippen LogP contribution in [0.1, 0.15) is 44.7 Å². The number of nitrogens with one attached hydrogen (secondary N) is 2. The summed E-state index contributed by atoms with van der Waals surface area (Å²) in [7, 11) is 0. The van der Waals surface area contributed by atoms with E-state index < -0.39 is 29.7 Å². The highest BCUT2D eigenvalue weighted by molar-refractivity contribution is 6.25. The molecule has 5 rings (SSSR count). The number of carbonyl (C=O) groups is 4. The van der Waals surface area contributed by atoms with Crippen molar-refractivity contribution >= 4 is 29.3 Å². The smallest absolute Gasteiger partial charge is 0.264 e. The van der Waals surface area contributed by atoms with E-state index >= 15 is 0 Å². The first-order chi connectivity index (χ1) is 16.9. The van der Waals surface area contributed by atoms with Gasteiger partial charge in [0.05, 0.1) is 24.3 Å². The number of carbonyl (C=O) groups excluding carboxylic acids is 4. The second-order valence-corrected chi connectivity index (χ2v) is 8.84. The van der Waals surface area contributed by atoms with Crippen molar-refractivity contribution in [2.45, 2.75) is 32.0 Å². The number of anilines is 1. The molecule has 1 unspecified atom stereocenters. The number of fused-ring (bicyclic) bond motifs is 1. The monoisotopic (exact) mass is 480 g/mol. The SMILES string of the molecule is O=C1CCC(N2C(=O)c3cccc(NCc4ccc(CN5CCOCC5)cc4F)c3C2=O)C(=O)N1. The molecule has 2 aromatic rings. The van der Waals surface area contributed by atoms with Crippen LogP contribution in [0.5, 0.6) is 0 Å². The number of amides is 4. The van der Waals surface area contributed by atoms with Crippen LogP contribution in [0, 0.1) is 5.82 Å². The van der Waals surface area contributed by atoms with Crippen molar-refractivity contribution in [1.82, 2.24) is 15.1 Å². The highest BCUT2D eigenvalue weighted by Gasteiger charge is 2.45. The van der Waals surface area contributed by atoms with Crippen LogP contribution in [0.3, 0.4) is 0 Å². The molecule has 0 bridgehead atoms. The van der Waals surface area contributed by atoms with Crippen molar-refractivity contribution in [3.05, 3.63) is 64.5 Å². The van der Waals surface area contributed by atoms with Gasteiger partial charge in [-0.15, -0.1) is 0 Å². The number of morpholine rings is 1. The van der Waals surface area contributed by atoms with Gasteiger partial charge in [0.15, 0.2) is 0 Å². The average Bonchev–Trinajstić information content (AvgIpc) is 3.10. The number of benzene rings is 2. The first kappa shape index (κ1) is 23.1. The lowest BCUT2D eigenvalue weighted by molar-refractivity contribution is -0.136. The van der Waals surface area contributed by atoms with Crippen molar-refractivity contribution in [3.8, 4) is 0 Å². The fourth-order valence-corrected chi connectivity index (χ4v) is 4.70. The average molecular weight is 480 g/mol. The minimum Gasteiger partial charge on any atom is -0.380 e. The van der Waals surface area contributed by atoms with E-state index in [1.54, 1.807) is 18.2 Å². The number of hydrogen-bond acceptors (Lipinski definition) is 7. The number of ether oxygens (including phenoxy) is 1. The summed E-state index contributed by atoms with van der Waals surface area (Å²) in [5, 5.41) is 5.26. The van der Waals surface area contributed by atoms with Crippen molar-refractivity contribution < 1.29 is 28.3 Å². The van der Waals surface area contributed by atoms with E-state index in [0.717, 1.165) is 23.6 Å². The van der Waals surface area contributed by atoms with Crippen LogP contribution in [-0.2, 0) is 27.4 Å². The lowest BCUT2D eigenvalue weighted by atomic mass is 10.0. The number of hydrogen-bond donors (Lipinski definition) is 2. The van der Waals surface area contributed by atoms with Crippen molar-refractivity contribution in [2.24, 2.45) is 0 Å². The van der Waals surface area contributed by atoms with Gasteiger partial charge in [-0.25, -0.2) is 4.39 Å². The van der Waals surface area contributed by atoms with E-state index in [0.29, 0.717) is 31.0 Å². The molecule has 3 aliphatic heterocycles. The molecule has 3 aliphatic rings. The summed E-state index contributed by atoms with van der Waals surface area (Å²) < 4.78 is 20.2. The molecule has 0 radical (unpaired) electrons. The molecule has 2 N–H and O–H groups in total. The van der Waals surface area contributed by atoms with Gasteiger partial charge in [-0.1, -0.05) is 18.2 Å². The van der Waals surface area contributed by atoms with E-state index in [1.165, 1.54) is 12.1 Å². The maximum absolute atomic E-state index is 14.8. The Kier molecular flexibility index (Phi) is 6.31. The molecule has 0 aliphatic carbocycles. The topological polar surface area (TPSA) is 108 Å². The Labute approximate surface area is 201 Å². The Morgan fingerprint density at radius 1 is 1.06 bits per heavy atom. The normalized spacial score (nSPS) is 20.7. The van der Waals surface area contributed by atoms with Gasteiger partial charge in [-0.05, 0) is 30.2 Å². The molecule has 3 heterocycles. The molecule has 9 nitrogen and oxygen atoms in total. The van der Waals surface area contributed by atoms with Crippen LogP contribution in [0.2, 0.25) is 0 Å². The Morgan fingerprint density at radius 2 is 1.86 bits per heavy atom. The molecular weight excluding hydrogens is 455 g/mol. The van der Waals surface area contributed by atoms with Crippen molar-refractivity contribution in [3.63, 3.8) is 0 Å². The van der Waals surface area contributed by atoms with E-state index in [4.69, 9.17) is 4.74 Å². The van der Waals surface area contributed by atoms with Crippen LogP contribution in [0.15, 0.2) is 36.4 Å². The van der Waals surface area contributed by atoms with Crippen LogP contribution in [0.25, 0.3) is 0 Å². The zero-order valence-electron chi connectivity index (χ0n) is 19.0.